The second-order valence-electron chi connectivity index (χ2n) is 4.75. The summed E-state index contributed by atoms with van der Waals surface area (Å²) in [5.41, 5.74) is -0.301. The van der Waals surface area contributed by atoms with Crippen molar-refractivity contribution in [1.82, 2.24) is 9.47 Å². The van der Waals surface area contributed by atoms with Crippen LogP contribution in [0.4, 0.5) is 13.2 Å². The van der Waals surface area contributed by atoms with E-state index in [9.17, 15) is 22.8 Å². The summed E-state index contributed by atoms with van der Waals surface area (Å²) in [4.78, 5) is 24.9. The zero-order valence-electron chi connectivity index (χ0n) is 11.6. The Balaban J connectivity index is 2.33. The summed E-state index contributed by atoms with van der Waals surface area (Å²) in [5.74, 6) is -0.926. The number of carbonyl (C=O) groups excluding carboxylic acids is 1. The van der Waals surface area contributed by atoms with Gasteiger partial charge in [0.2, 0.25) is 0 Å². The minimum absolute atomic E-state index is 0.195. The van der Waals surface area contributed by atoms with Gasteiger partial charge >= 0.3 is 6.18 Å². The van der Waals surface area contributed by atoms with E-state index in [4.69, 9.17) is 0 Å². The van der Waals surface area contributed by atoms with Gasteiger partial charge in [0.05, 0.1) is 0 Å². The van der Waals surface area contributed by atoms with Crippen LogP contribution in [0.2, 0.25) is 0 Å². The van der Waals surface area contributed by atoms with Crippen LogP contribution in [0.15, 0.2) is 40.0 Å². The summed E-state index contributed by atoms with van der Waals surface area (Å²) >= 11 is 1.33. The first kappa shape index (κ1) is 16.3. The number of aryl methyl sites for hydroxylation is 1. The van der Waals surface area contributed by atoms with Crippen molar-refractivity contribution in [2.75, 3.05) is 6.54 Å². The summed E-state index contributed by atoms with van der Waals surface area (Å²) in [6, 6.07) is 4.33. The Bertz CT molecular complexity index is 708. The fraction of sp³-hybridized carbons (Fsp3) is 0.286. The highest BCUT2D eigenvalue weighted by Gasteiger charge is 2.34. The number of thiophene rings is 1. The van der Waals surface area contributed by atoms with Crippen molar-refractivity contribution in [3.05, 3.63) is 56.6 Å². The number of aromatic nitrogens is 1. The summed E-state index contributed by atoms with van der Waals surface area (Å²) in [5, 5.41) is 3.38. The van der Waals surface area contributed by atoms with Crippen LogP contribution in [0.3, 0.4) is 0 Å². The van der Waals surface area contributed by atoms with Gasteiger partial charge in [0.15, 0.2) is 0 Å². The molecule has 0 aromatic carbocycles. The predicted octanol–water partition coefficient (Wildman–Crippen LogP) is 2.65. The maximum Gasteiger partial charge on any atom is 0.406 e. The van der Waals surface area contributed by atoms with Gasteiger partial charge in [0, 0.05) is 19.8 Å². The van der Waals surface area contributed by atoms with Crippen molar-refractivity contribution < 1.29 is 18.0 Å². The normalized spacial score (nSPS) is 11.5. The lowest BCUT2D eigenvalue weighted by Crippen LogP contribution is -2.41. The van der Waals surface area contributed by atoms with Crippen molar-refractivity contribution in [2.45, 2.75) is 12.7 Å². The second-order valence-corrected chi connectivity index (χ2v) is 5.53. The predicted molar refractivity (Wildman–Crippen MR) is 76.8 cm³/mol. The molecule has 22 heavy (non-hydrogen) atoms. The van der Waals surface area contributed by atoms with Gasteiger partial charge < -0.3 is 9.47 Å². The van der Waals surface area contributed by atoms with E-state index < -0.39 is 24.2 Å². The van der Waals surface area contributed by atoms with Crippen LogP contribution in [0.5, 0.6) is 0 Å². The molecule has 0 aliphatic carbocycles. The highest BCUT2D eigenvalue weighted by Crippen LogP contribution is 2.20. The first-order valence-corrected chi connectivity index (χ1v) is 7.25. The molecule has 0 unspecified atom stereocenters. The van der Waals surface area contributed by atoms with Crippen LogP contribution in [0, 0.1) is 0 Å². The van der Waals surface area contributed by atoms with Gasteiger partial charge in [-0.05, 0) is 34.5 Å². The molecule has 8 heteroatoms. The van der Waals surface area contributed by atoms with Gasteiger partial charge in [-0.3, -0.25) is 9.59 Å². The lowest BCUT2D eigenvalue weighted by Gasteiger charge is -2.23. The smallest absolute Gasteiger partial charge is 0.325 e. The van der Waals surface area contributed by atoms with Gasteiger partial charge in [-0.2, -0.15) is 24.5 Å². The highest BCUT2D eigenvalue weighted by molar-refractivity contribution is 7.07. The molecular weight excluding hydrogens is 317 g/mol. The first-order valence-electron chi connectivity index (χ1n) is 6.30. The second kappa shape index (κ2) is 6.35. The minimum Gasteiger partial charge on any atom is -0.325 e. The Kier molecular flexibility index (Phi) is 4.70. The molecular formula is C14H13F3N2O2S. The van der Waals surface area contributed by atoms with Crippen LogP contribution in [-0.4, -0.2) is 28.1 Å². The summed E-state index contributed by atoms with van der Waals surface area (Å²) in [6.45, 7) is -1.60. The first-order chi connectivity index (χ1) is 10.3. The molecule has 0 fully saturated rings. The number of amides is 1. The van der Waals surface area contributed by atoms with Gasteiger partial charge in [0.1, 0.15) is 12.1 Å². The highest BCUT2D eigenvalue weighted by atomic mass is 32.1. The molecule has 0 bridgehead atoms. The third kappa shape index (κ3) is 3.97. The molecule has 2 aromatic rings. The van der Waals surface area contributed by atoms with Gasteiger partial charge in [0.25, 0.3) is 11.5 Å². The van der Waals surface area contributed by atoms with Crippen LogP contribution < -0.4 is 5.56 Å². The number of halogens is 3. The van der Waals surface area contributed by atoms with E-state index in [1.807, 2.05) is 0 Å². The molecule has 2 heterocycles. The number of nitrogens with zero attached hydrogens (tertiary/aromatic N) is 2. The van der Waals surface area contributed by atoms with E-state index in [2.05, 4.69) is 0 Å². The van der Waals surface area contributed by atoms with Crippen LogP contribution in [-0.2, 0) is 13.6 Å². The number of pyridine rings is 1. The molecule has 0 atom stereocenters. The van der Waals surface area contributed by atoms with Gasteiger partial charge in [-0.15, -0.1) is 0 Å². The number of alkyl halides is 3. The topological polar surface area (TPSA) is 42.3 Å². The van der Waals surface area contributed by atoms with Crippen molar-refractivity contribution in [1.29, 1.82) is 0 Å². The average molecular weight is 330 g/mol. The zero-order chi connectivity index (χ0) is 16.3. The van der Waals surface area contributed by atoms with Crippen molar-refractivity contribution in [3.63, 3.8) is 0 Å². The fourth-order valence-corrected chi connectivity index (χ4v) is 2.61. The maximum absolute atomic E-state index is 12.7. The SMILES string of the molecule is Cn1cccc(C(=O)N(Cc2ccsc2)CC(F)(F)F)c1=O. The number of hydrogen-bond donors (Lipinski definition) is 0. The quantitative estimate of drug-likeness (QED) is 0.865. The maximum atomic E-state index is 12.7. The van der Waals surface area contributed by atoms with E-state index in [-0.39, 0.29) is 12.1 Å². The fourth-order valence-electron chi connectivity index (χ4n) is 1.95. The Morgan fingerprint density at radius 1 is 1.36 bits per heavy atom. The van der Waals surface area contributed by atoms with E-state index in [1.165, 1.54) is 36.7 Å². The molecule has 2 rings (SSSR count). The van der Waals surface area contributed by atoms with Crippen molar-refractivity contribution in [3.8, 4) is 0 Å². The Hall–Kier alpha value is -2.09. The lowest BCUT2D eigenvalue weighted by molar-refractivity contribution is -0.141. The van der Waals surface area contributed by atoms with E-state index in [1.54, 1.807) is 16.8 Å². The number of hydrogen-bond acceptors (Lipinski definition) is 3. The zero-order valence-corrected chi connectivity index (χ0v) is 12.4. The molecule has 0 aliphatic heterocycles. The summed E-state index contributed by atoms with van der Waals surface area (Å²) in [7, 11) is 1.44. The largest absolute Gasteiger partial charge is 0.406 e. The Labute approximate surface area is 128 Å². The monoisotopic (exact) mass is 330 g/mol. The van der Waals surface area contributed by atoms with E-state index in [0.717, 1.165) is 4.57 Å². The molecule has 4 nitrogen and oxygen atoms in total. The van der Waals surface area contributed by atoms with Crippen molar-refractivity contribution >= 4 is 17.2 Å². The molecule has 0 saturated carbocycles. The van der Waals surface area contributed by atoms with E-state index >= 15 is 0 Å². The lowest BCUT2D eigenvalue weighted by atomic mass is 10.2. The third-order valence-electron chi connectivity index (χ3n) is 2.96. The number of rotatable bonds is 4. The summed E-state index contributed by atoms with van der Waals surface area (Å²) < 4.78 is 39.3. The minimum atomic E-state index is -4.54. The standard InChI is InChI=1S/C14H13F3N2O2S/c1-18-5-2-3-11(12(18)20)13(21)19(9-14(15,16)17)7-10-4-6-22-8-10/h2-6,8H,7,9H2,1H3. The molecule has 0 saturated heterocycles. The van der Waals surface area contributed by atoms with Crippen molar-refractivity contribution in [2.24, 2.45) is 7.05 Å². The molecule has 0 spiro atoms. The third-order valence-corrected chi connectivity index (χ3v) is 3.70. The van der Waals surface area contributed by atoms with Crippen LogP contribution in [0.25, 0.3) is 0 Å². The molecule has 0 N–H and O–H groups in total. The molecule has 0 radical (unpaired) electrons. The van der Waals surface area contributed by atoms with Gasteiger partial charge in [-0.25, -0.2) is 0 Å². The molecule has 1 amide bonds. The number of carbonyl (C=O) groups is 1. The van der Waals surface area contributed by atoms with Crippen LogP contribution in [0.1, 0.15) is 15.9 Å². The molecule has 2 aromatic heterocycles. The Morgan fingerprint density at radius 2 is 2.09 bits per heavy atom. The van der Waals surface area contributed by atoms with E-state index in [0.29, 0.717) is 10.5 Å². The summed E-state index contributed by atoms with van der Waals surface area (Å²) in [6.07, 6.45) is -3.10. The van der Waals surface area contributed by atoms with Crippen LogP contribution >= 0.6 is 11.3 Å². The molecule has 118 valence electrons. The molecule has 0 aliphatic rings. The Morgan fingerprint density at radius 3 is 2.68 bits per heavy atom. The van der Waals surface area contributed by atoms with Gasteiger partial charge in [-0.1, -0.05) is 0 Å². The average Bonchev–Trinajstić information content (AvgIpc) is 2.92.